The van der Waals surface area contributed by atoms with Crippen LogP contribution in [0, 0.1) is 16.7 Å². The fourth-order valence-corrected chi connectivity index (χ4v) is 7.01. The smallest absolute Gasteiger partial charge is 0.226 e. The van der Waals surface area contributed by atoms with Gasteiger partial charge in [0.15, 0.2) is 0 Å². The molecule has 2 heterocycles. The Kier molecular flexibility index (Phi) is 6.32. The molecule has 4 heteroatoms. The molecule has 33 heavy (non-hydrogen) atoms. The number of hydrogen-bond acceptors (Lipinski definition) is 3. The fourth-order valence-electron chi connectivity index (χ4n) is 7.01. The molecular formula is C29H43N3O. The monoisotopic (exact) mass is 449 g/mol. The zero-order chi connectivity index (χ0) is 23.1. The van der Waals surface area contributed by atoms with Crippen molar-refractivity contribution in [1.29, 1.82) is 0 Å². The third-order valence-electron chi connectivity index (χ3n) is 9.42. The van der Waals surface area contributed by atoms with Gasteiger partial charge in [-0.15, -0.1) is 0 Å². The highest BCUT2D eigenvalue weighted by Crippen LogP contribution is 2.60. The zero-order valence-corrected chi connectivity index (χ0v) is 21.1. The third kappa shape index (κ3) is 4.73. The zero-order valence-electron chi connectivity index (χ0n) is 21.1. The van der Waals surface area contributed by atoms with Gasteiger partial charge in [0.05, 0.1) is 0 Å². The molecule has 0 N–H and O–H groups in total. The summed E-state index contributed by atoms with van der Waals surface area (Å²) in [5.41, 5.74) is 5.37. The van der Waals surface area contributed by atoms with E-state index in [1.807, 2.05) is 0 Å². The highest BCUT2D eigenvalue weighted by Gasteiger charge is 2.59. The van der Waals surface area contributed by atoms with E-state index in [4.69, 9.17) is 0 Å². The predicted octanol–water partition coefficient (Wildman–Crippen LogP) is 5.35. The van der Waals surface area contributed by atoms with Crippen LogP contribution in [0.15, 0.2) is 41.5 Å². The summed E-state index contributed by atoms with van der Waals surface area (Å²) in [6.07, 6.45) is 8.79. The van der Waals surface area contributed by atoms with Gasteiger partial charge in [-0.25, -0.2) is 0 Å². The van der Waals surface area contributed by atoms with Crippen molar-refractivity contribution >= 4 is 11.6 Å². The lowest BCUT2D eigenvalue weighted by atomic mass is 9.71. The van der Waals surface area contributed by atoms with E-state index in [2.05, 4.69) is 65.8 Å². The van der Waals surface area contributed by atoms with Gasteiger partial charge < -0.3 is 14.7 Å². The van der Waals surface area contributed by atoms with Gasteiger partial charge in [-0.1, -0.05) is 43.2 Å². The molecule has 1 aromatic rings. The van der Waals surface area contributed by atoms with Gasteiger partial charge in [0.25, 0.3) is 0 Å². The third-order valence-corrected chi connectivity index (χ3v) is 9.42. The van der Waals surface area contributed by atoms with Crippen LogP contribution in [-0.4, -0.2) is 61.5 Å². The van der Waals surface area contributed by atoms with Crippen LogP contribution in [0.5, 0.6) is 0 Å². The Labute approximate surface area is 201 Å². The average Bonchev–Trinajstić information content (AvgIpc) is 3.53. The Bertz CT molecular complexity index is 873. The fraction of sp³-hybridized carbons (Fsp3) is 0.690. The summed E-state index contributed by atoms with van der Waals surface area (Å²) in [4.78, 5) is 20.5. The van der Waals surface area contributed by atoms with Crippen molar-refractivity contribution in [3.05, 3.63) is 41.5 Å². The largest absolute Gasteiger partial charge is 0.368 e. The maximum atomic E-state index is 13.3. The molecule has 4 nitrogen and oxygen atoms in total. The van der Waals surface area contributed by atoms with Crippen LogP contribution in [0.25, 0.3) is 0 Å². The Morgan fingerprint density at radius 1 is 0.970 bits per heavy atom. The topological polar surface area (TPSA) is 26.8 Å². The lowest BCUT2D eigenvalue weighted by Crippen LogP contribution is -2.50. The SMILES string of the molecule is CC1=C(CCN2CCC3(CC2)CC3C(=O)N2CCN(c3ccccc3)CC2)C(C)(C)CCC1. The van der Waals surface area contributed by atoms with Crippen molar-refractivity contribution in [2.75, 3.05) is 50.7 Å². The molecule has 0 radical (unpaired) electrons. The van der Waals surface area contributed by atoms with Crippen molar-refractivity contribution in [2.24, 2.45) is 16.7 Å². The number of carbonyl (C=O) groups excluding carboxylic acids is 1. The molecule has 0 bridgehead atoms. The summed E-state index contributed by atoms with van der Waals surface area (Å²) in [5, 5.41) is 0. The summed E-state index contributed by atoms with van der Waals surface area (Å²) in [6.45, 7) is 14.5. The lowest BCUT2D eigenvalue weighted by molar-refractivity contribution is -0.134. The number of carbonyl (C=O) groups is 1. The number of piperidine rings is 1. The number of piperazine rings is 1. The number of benzene rings is 1. The molecule has 1 unspecified atom stereocenters. The van der Waals surface area contributed by atoms with Gasteiger partial charge in [0.2, 0.25) is 5.91 Å². The van der Waals surface area contributed by atoms with Crippen LogP contribution in [0.3, 0.4) is 0 Å². The Morgan fingerprint density at radius 2 is 1.67 bits per heavy atom. The van der Waals surface area contributed by atoms with E-state index in [0.717, 1.165) is 32.6 Å². The molecule has 1 amide bonds. The Balaban J connectivity index is 1.08. The van der Waals surface area contributed by atoms with Crippen LogP contribution in [0.2, 0.25) is 0 Å². The van der Waals surface area contributed by atoms with Crippen LogP contribution < -0.4 is 4.90 Å². The minimum atomic E-state index is 0.296. The minimum absolute atomic E-state index is 0.296. The number of amides is 1. The van der Waals surface area contributed by atoms with Gasteiger partial charge >= 0.3 is 0 Å². The second-order valence-corrected chi connectivity index (χ2v) is 11.9. The molecule has 4 aliphatic rings. The maximum Gasteiger partial charge on any atom is 0.226 e. The van der Waals surface area contributed by atoms with Crippen molar-refractivity contribution in [3.8, 4) is 0 Å². The number of anilines is 1. The van der Waals surface area contributed by atoms with E-state index in [1.165, 1.54) is 63.8 Å². The van der Waals surface area contributed by atoms with Gasteiger partial charge in [0.1, 0.15) is 0 Å². The quantitative estimate of drug-likeness (QED) is 0.567. The molecule has 2 aliphatic heterocycles. The molecule has 1 atom stereocenters. The minimum Gasteiger partial charge on any atom is -0.368 e. The normalized spacial score (nSPS) is 27.2. The highest BCUT2D eigenvalue weighted by molar-refractivity contribution is 5.83. The second-order valence-electron chi connectivity index (χ2n) is 11.9. The molecule has 2 aliphatic carbocycles. The number of hydrogen-bond donors (Lipinski definition) is 0. The van der Waals surface area contributed by atoms with E-state index in [1.54, 1.807) is 11.1 Å². The van der Waals surface area contributed by atoms with Crippen molar-refractivity contribution in [3.63, 3.8) is 0 Å². The summed E-state index contributed by atoms with van der Waals surface area (Å²) in [5.74, 6) is 0.742. The van der Waals surface area contributed by atoms with E-state index in [0.29, 0.717) is 22.7 Å². The summed E-state index contributed by atoms with van der Waals surface area (Å²) in [7, 11) is 0. The maximum absolute atomic E-state index is 13.3. The highest BCUT2D eigenvalue weighted by atomic mass is 16.2. The first-order chi connectivity index (χ1) is 15.9. The molecule has 1 spiro atoms. The first kappa shape index (κ1) is 23.0. The standard InChI is InChI=1S/C29H43N3O/c1-23-8-7-12-28(2,3)25(23)11-15-30-16-13-29(14-17-30)22-26(29)27(33)32-20-18-31(19-21-32)24-9-5-4-6-10-24/h4-6,9-10,26H,7-8,11-22H2,1-3H3. The van der Waals surface area contributed by atoms with Crippen molar-refractivity contribution < 1.29 is 4.79 Å². The van der Waals surface area contributed by atoms with Crippen LogP contribution in [0.4, 0.5) is 5.69 Å². The Hall–Kier alpha value is -1.81. The second kappa shape index (κ2) is 9.09. The molecule has 2 saturated heterocycles. The van der Waals surface area contributed by atoms with E-state index in [-0.39, 0.29) is 0 Å². The Morgan fingerprint density at radius 3 is 2.33 bits per heavy atom. The molecule has 0 aromatic heterocycles. The first-order valence-corrected chi connectivity index (χ1v) is 13.4. The number of nitrogens with zero attached hydrogens (tertiary/aromatic N) is 3. The molecule has 5 rings (SSSR count). The first-order valence-electron chi connectivity index (χ1n) is 13.4. The molecule has 1 saturated carbocycles. The van der Waals surface area contributed by atoms with Gasteiger partial charge in [-0.05, 0) is 87.9 Å². The molecular weight excluding hydrogens is 406 g/mol. The molecule has 3 fully saturated rings. The van der Waals surface area contributed by atoms with Crippen molar-refractivity contribution in [1.82, 2.24) is 9.80 Å². The summed E-state index contributed by atoms with van der Waals surface area (Å²) < 4.78 is 0. The van der Waals surface area contributed by atoms with E-state index < -0.39 is 0 Å². The van der Waals surface area contributed by atoms with E-state index in [9.17, 15) is 4.79 Å². The lowest BCUT2D eigenvalue weighted by Gasteiger charge is -2.38. The van der Waals surface area contributed by atoms with Gasteiger partial charge in [0, 0.05) is 44.3 Å². The number of para-hydroxylation sites is 1. The number of rotatable bonds is 5. The summed E-state index contributed by atoms with van der Waals surface area (Å²) >= 11 is 0. The van der Waals surface area contributed by atoms with Gasteiger partial charge in [-0.3, -0.25) is 4.79 Å². The molecule has 180 valence electrons. The van der Waals surface area contributed by atoms with Crippen LogP contribution in [-0.2, 0) is 4.79 Å². The predicted molar refractivity (Wildman–Crippen MR) is 136 cm³/mol. The molecule has 1 aromatic carbocycles. The van der Waals surface area contributed by atoms with Crippen molar-refractivity contribution in [2.45, 2.75) is 65.7 Å². The van der Waals surface area contributed by atoms with Crippen LogP contribution >= 0.6 is 0 Å². The van der Waals surface area contributed by atoms with Crippen LogP contribution in [0.1, 0.15) is 65.7 Å². The van der Waals surface area contributed by atoms with E-state index >= 15 is 0 Å². The number of allylic oxidation sites excluding steroid dienone is 1. The number of likely N-dealkylation sites (tertiary alicyclic amines) is 1. The summed E-state index contributed by atoms with van der Waals surface area (Å²) in [6, 6.07) is 10.6. The average molecular weight is 450 g/mol. The van der Waals surface area contributed by atoms with Gasteiger partial charge in [-0.2, -0.15) is 0 Å².